The molecule has 0 aliphatic rings. The Kier molecular flexibility index (Phi) is 6.06. The normalized spacial score (nSPS) is 12.0. The maximum Gasteiger partial charge on any atom is 0.0347 e. The molecule has 2 heterocycles. The summed E-state index contributed by atoms with van der Waals surface area (Å²) in [4.78, 5) is 9.46. The lowest BCUT2D eigenvalue weighted by atomic mass is 9.81. The first kappa shape index (κ1) is 26.3. The fourth-order valence-electron chi connectivity index (χ4n) is 6.58. The molecule has 2 nitrogen and oxygen atoms in total. The summed E-state index contributed by atoms with van der Waals surface area (Å²) in [5.41, 5.74) is 10.5. The van der Waals surface area contributed by atoms with Crippen LogP contribution >= 0.6 is 0 Å². The van der Waals surface area contributed by atoms with Gasteiger partial charge in [-0.1, -0.05) is 118 Å². The lowest BCUT2D eigenvalue weighted by Gasteiger charge is -2.23. The van der Waals surface area contributed by atoms with E-state index in [1.165, 1.54) is 49.0 Å². The molecule has 6 aromatic carbocycles. The Balaban J connectivity index is 1.44. The molecule has 2 heteroatoms. The van der Waals surface area contributed by atoms with Crippen molar-refractivity contribution in [1.82, 2.24) is 9.97 Å². The molecule has 8 rings (SSSR count). The number of aromatic nitrogens is 2. The Hall–Kier alpha value is -5.34. The van der Waals surface area contributed by atoms with Crippen molar-refractivity contribution in [3.63, 3.8) is 0 Å². The van der Waals surface area contributed by atoms with Gasteiger partial charge in [-0.3, -0.25) is 9.97 Å². The van der Waals surface area contributed by atoms with E-state index >= 15 is 0 Å². The van der Waals surface area contributed by atoms with Crippen LogP contribution in [-0.2, 0) is 5.41 Å². The maximum atomic E-state index is 4.73. The molecule has 0 radical (unpaired) electrons. The molecule has 210 valence electrons. The lowest BCUT2D eigenvalue weighted by Crippen LogP contribution is -2.10. The summed E-state index contributed by atoms with van der Waals surface area (Å²) in [6.45, 7) is 6.86. The number of hydrogen-bond acceptors (Lipinski definition) is 2. The SMILES string of the molecule is CC(C)(C)c1cc2ccc3c(-c4cncc(-c5ccccc5)c4)cc(-c4cncc(-c5ccccc5)c4)c4ccc(c1)c2c34. The van der Waals surface area contributed by atoms with Crippen LogP contribution in [0.5, 0.6) is 0 Å². The molecule has 0 fully saturated rings. The molecule has 44 heavy (non-hydrogen) atoms. The highest BCUT2D eigenvalue weighted by Crippen LogP contribution is 2.45. The Morgan fingerprint density at radius 1 is 0.409 bits per heavy atom. The summed E-state index contributed by atoms with van der Waals surface area (Å²) < 4.78 is 0. The van der Waals surface area contributed by atoms with Crippen LogP contribution in [0.3, 0.4) is 0 Å². The molecular weight excluding hydrogens is 532 g/mol. The topological polar surface area (TPSA) is 25.8 Å². The van der Waals surface area contributed by atoms with E-state index in [0.29, 0.717) is 0 Å². The van der Waals surface area contributed by atoms with Gasteiger partial charge in [-0.15, -0.1) is 0 Å². The molecule has 2 aromatic heterocycles. The Morgan fingerprint density at radius 3 is 1.32 bits per heavy atom. The third kappa shape index (κ3) is 4.42. The Labute approximate surface area is 258 Å². The minimum absolute atomic E-state index is 0.0634. The standard InChI is InChI=1S/C42H32N2/c1-42(2,3)35-20-29-14-16-36-38(33-18-31(23-43-25-33)27-10-6-4-7-11-27)22-39(37-17-15-30(21-35)40(29)41(36)37)34-19-32(24-44-26-34)28-12-8-5-9-13-28/h4-26H,1-3H3. The first-order valence-electron chi connectivity index (χ1n) is 15.2. The van der Waals surface area contributed by atoms with Crippen molar-refractivity contribution in [1.29, 1.82) is 0 Å². The Morgan fingerprint density at radius 2 is 0.864 bits per heavy atom. The molecule has 0 unspecified atom stereocenters. The van der Waals surface area contributed by atoms with Crippen molar-refractivity contribution in [2.45, 2.75) is 26.2 Å². The highest BCUT2D eigenvalue weighted by atomic mass is 14.6. The van der Waals surface area contributed by atoms with Gasteiger partial charge in [0.05, 0.1) is 0 Å². The van der Waals surface area contributed by atoms with Crippen molar-refractivity contribution in [3.05, 3.63) is 146 Å². The van der Waals surface area contributed by atoms with Crippen LogP contribution < -0.4 is 0 Å². The molecule has 0 spiro atoms. The van der Waals surface area contributed by atoms with Crippen molar-refractivity contribution in [3.8, 4) is 44.5 Å². The summed E-state index contributed by atoms with van der Waals surface area (Å²) in [6, 6.07) is 41.9. The summed E-state index contributed by atoms with van der Waals surface area (Å²) in [7, 11) is 0. The van der Waals surface area contributed by atoms with E-state index in [9.17, 15) is 0 Å². The summed E-state index contributed by atoms with van der Waals surface area (Å²) in [6.07, 6.45) is 7.91. The van der Waals surface area contributed by atoms with Gasteiger partial charge in [0.2, 0.25) is 0 Å². The molecular formula is C42H32N2. The zero-order valence-electron chi connectivity index (χ0n) is 25.2. The van der Waals surface area contributed by atoms with Gasteiger partial charge in [0.15, 0.2) is 0 Å². The van der Waals surface area contributed by atoms with Gasteiger partial charge in [0.1, 0.15) is 0 Å². The molecule has 0 bridgehead atoms. The van der Waals surface area contributed by atoms with E-state index in [1.54, 1.807) is 0 Å². The second-order valence-electron chi connectivity index (χ2n) is 12.8. The summed E-state index contributed by atoms with van der Waals surface area (Å²) in [5.74, 6) is 0. The van der Waals surface area contributed by atoms with Crippen molar-refractivity contribution in [2.24, 2.45) is 0 Å². The number of nitrogens with zero attached hydrogens (tertiary/aromatic N) is 2. The summed E-state index contributed by atoms with van der Waals surface area (Å²) >= 11 is 0. The molecule has 0 amide bonds. The van der Waals surface area contributed by atoms with Gasteiger partial charge in [0.25, 0.3) is 0 Å². The van der Waals surface area contributed by atoms with Crippen molar-refractivity contribution < 1.29 is 0 Å². The second-order valence-corrected chi connectivity index (χ2v) is 12.8. The molecule has 8 aromatic rings. The predicted molar refractivity (Wildman–Crippen MR) is 186 cm³/mol. The van der Waals surface area contributed by atoms with E-state index in [0.717, 1.165) is 33.4 Å². The third-order valence-electron chi connectivity index (χ3n) is 8.89. The largest absolute Gasteiger partial charge is 0.263 e. The Bertz CT molecular complexity index is 2140. The highest BCUT2D eigenvalue weighted by Gasteiger charge is 2.20. The van der Waals surface area contributed by atoms with Gasteiger partial charge in [-0.25, -0.2) is 0 Å². The third-order valence-corrected chi connectivity index (χ3v) is 8.89. The zero-order valence-corrected chi connectivity index (χ0v) is 25.2. The fourth-order valence-corrected chi connectivity index (χ4v) is 6.58. The maximum absolute atomic E-state index is 4.73. The molecule has 0 N–H and O–H groups in total. The van der Waals surface area contributed by atoms with Crippen LogP contribution in [0.25, 0.3) is 76.8 Å². The van der Waals surface area contributed by atoms with E-state index in [4.69, 9.17) is 9.97 Å². The monoisotopic (exact) mass is 564 g/mol. The molecule has 0 saturated carbocycles. The predicted octanol–water partition coefficient (Wildman–Crippen LogP) is 11.3. The van der Waals surface area contributed by atoms with Crippen LogP contribution in [0.15, 0.2) is 140 Å². The first-order valence-corrected chi connectivity index (χ1v) is 15.2. The highest BCUT2D eigenvalue weighted by molar-refractivity contribution is 6.28. The molecule has 0 atom stereocenters. The lowest BCUT2D eigenvalue weighted by molar-refractivity contribution is 0.591. The van der Waals surface area contributed by atoms with Crippen LogP contribution in [0.4, 0.5) is 0 Å². The van der Waals surface area contributed by atoms with Crippen LogP contribution in [0, 0.1) is 0 Å². The quantitative estimate of drug-likeness (QED) is 0.199. The van der Waals surface area contributed by atoms with Crippen molar-refractivity contribution in [2.75, 3.05) is 0 Å². The number of benzene rings is 6. The fraction of sp³-hybridized carbons (Fsp3) is 0.0952. The molecule has 0 aliphatic heterocycles. The molecule has 0 aliphatic carbocycles. The number of rotatable bonds is 4. The second kappa shape index (κ2) is 10.1. The smallest absolute Gasteiger partial charge is 0.0347 e. The minimum atomic E-state index is 0.0634. The van der Waals surface area contributed by atoms with E-state index in [-0.39, 0.29) is 5.41 Å². The van der Waals surface area contributed by atoms with Gasteiger partial charge in [-0.05, 0) is 83.7 Å². The van der Waals surface area contributed by atoms with Gasteiger partial charge in [0, 0.05) is 47.0 Å². The van der Waals surface area contributed by atoms with Gasteiger partial charge < -0.3 is 0 Å². The van der Waals surface area contributed by atoms with Gasteiger partial charge >= 0.3 is 0 Å². The van der Waals surface area contributed by atoms with E-state index in [2.05, 4.69) is 136 Å². The van der Waals surface area contributed by atoms with Crippen molar-refractivity contribution >= 4 is 32.3 Å². The van der Waals surface area contributed by atoms with E-state index in [1.807, 2.05) is 24.8 Å². The van der Waals surface area contributed by atoms with Crippen LogP contribution in [-0.4, -0.2) is 9.97 Å². The number of pyridine rings is 2. The zero-order chi connectivity index (χ0) is 29.8. The average molecular weight is 565 g/mol. The average Bonchev–Trinajstić information content (AvgIpc) is 3.07. The van der Waals surface area contributed by atoms with Gasteiger partial charge in [-0.2, -0.15) is 0 Å². The first-order chi connectivity index (χ1) is 21.4. The number of hydrogen-bond donors (Lipinski definition) is 0. The summed E-state index contributed by atoms with van der Waals surface area (Å²) in [5, 5.41) is 7.65. The molecule has 0 saturated heterocycles. The van der Waals surface area contributed by atoms with Crippen LogP contribution in [0.1, 0.15) is 26.3 Å². The minimum Gasteiger partial charge on any atom is -0.263 e. The van der Waals surface area contributed by atoms with E-state index < -0.39 is 0 Å². The van der Waals surface area contributed by atoms with Crippen LogP contribution in [0.2, 0.25) is 0 Å².